The number of carboxylic acid groups (broad SMARTS) is 1. The van der Waals surface area contributed by atoms with Gasteiger partial charge < -0.3 is 15.2 Å². The van der Waals surface area contributed by atoms with E-state index < -0.39 is 36.2 Å². The Hall–Kier alpha value is -2.96. The van der Waals surface area contributed by atoms with Crippen molar-refractivity contribution in [2.24, 2.45) is 0 Å². The molecule has 0 aromatic heterocycles. The first-order valence-electron chi connectivity index (χ1n) is 7.09. The summed E-state index contributed by atoms with van der Waals surface area (Å²) in [6, 6.07) is 10.1. The number of aliphatic carboxylic acids is 1. The van der Waals surface area contributed by atoms with Gasteiger partial charge in [0.25, 0.3) is 0 Å². The first-order valence-corrected chi connectivity index (χ1v) is 7.09. The lowest BCUT2D eigenvalue weighted by atomic mass is 10.1. The largest absolute Gasteiger partial charge is 0.480 e. The molecule has 2 rings (SSSR count). The summed E-state index contributed by atoms with van der Waals surface area (Å²) in [5, 5.41) is 11.3. The predicted octanol–water partition coefficient (Wildman–Crippen LogP) is 2.89. The maximum absolute atomic E-state index is 13.6. The minimum absolute atomic E-state index is 0.0344. The summed E-state index contributed by atoms with van der Waals surface area (Å²) in [7, 11) is 0. The number of benzene rings is 2. The number of nitrogens with one attached hydrogen (secondary N) is 1. The van der Waals surface area contributed by atoms with Crippen molar-refractivity contribution in [1.29, 1.82) is 0 Å². The lowest BCUT2D eigenvalue weighted by Gasteiger charge is -2.15. The minimum atomic E-state index is -1.44. The van der Waals surface area contributed by atoms with Gasteiger partial charge in [-0.05, 0) is 29.3 Å². The van der Waals surface area contributed by atoms with Crippen LogP contribution in [-0.4, -0.2) is 23.2 Å². The van der Waals surface area contributed by atoms with Gasteiger partial charge in [0.05, 0.1) is 0 Å². The third kappa shape index (κ3) is 5.05. The SMILES string of the molecule is O=C(NC(Cc1cc(F)ccc1F)C(=O)O)OCc1ccccc1. The number of hydrogen-bond donors (Lipinski definition) is 2. The van der Waals surface area contributed by atoms with Gasteiger partial charge in [0.15, 0.2) is 0 Å². The zero-order valence-corrected chi connectivity index (χ0v) is 12.5. The van der Waals surface area contributed by atoms with Crippen molar-refractivity contribution in [2.75, 3.05) is 0 Å². The average molecular weight is 335 g/mol. The van der Waals surface area contributed by atoms with Gasteiger partial charge in [0.2, 0.25) is 0 Å². The van der Waals surface area contributed by atoms with Crippen LogP contribution in [0.25, 0.3) is 0 Å². The Bertz CT molecular complexity index is 722. The van der Waals surface area contributed by atoms with Gasteiger partial charge in [-0.3, -0.25) is 0 Å². The Balaban J connectivity index is 1.96. The van der Waals surface area contributed by atoms with Crippen molar-refractivity contribution >= 4 is 12.1 Å². The molecule has 1 atom stereocenters. The van der Waals surface area contributed by atoms with Crippen molar-refractivity contribution < 1.29 is 28.2 Å². The van der Waals surface area contributed by atoms with Crippen LogP contribution in [-0.2, 0) is 22.6 Å². The molecule has 0 heterocycles. The zero-order chi connectivity index (χ0) is 17.5. The Morgan fingerprint density at radius 3 is 2.50 bits per heavy atom. The third-order valence-corrected chi connectivity index (χ3v) is 3.23. The van der Waals surface area contributed by atoms with Crippen LogP contribution in [0.1, 0.15) is 11.1 Å². The van der Waals surface area contributed by atoms with E-state index in [9.17, 15) is 18.4 Å². The van der Waals surface area contributed by atoms with Gasteiger partial charge in [-0.1, -0.05) is 30.3 Å². The predicted molar refractivity (Wildman–Crippen MR) is 81.2 cm³/mol. The van der Waals surface area contributed by atoms with Gasteiger partial charge >= 0.3 is 12.1 Å². The lowest BCUT2D eigenvalue weighted by Crippen LogP contribution is -2.42. The fourth-order valence-electron chi connectivity index (χ4n) is 2.03. The maximum atomic E-state index is 13.6. The number of carbonyl (C=O) groups is 2. The molecule has 0 bridgehead atoms. The second-order valence-electron chi connectivity index (χ2n) is 5.04. The lowest BCUT2D eigenvalue weighted by molar-refractivity contribution is -0.139. The summed E-state index contributed by atoms with van der Waals surface area (Å²) in [5.41, 5.74) is 0.585. The van der Waals surface area contributed by atoms with Crippen LogP contribution in [0.2, 0.25) is 0 Å². The van der Waals surface area contributed by atoms with Crippen LogP contribution in [0.4, 0.5) is 13.6 Å². The maximum Gasteiger partial charge on any atom is 0.408 e. The highest BCUT2D eigenvalue weighted by molar-refractivity contribution is 5.80. The van der Waals surface area contributed by atoms with Crippen molar-refractivity contribution in [3.8, 4) is 0 Å². The van der Waals surface area contributed by atoms with Crippen LogP contribution in [0.5, 0.6) is 0 Å². The highest BCUT2D eigenvalue weighted by atomic mass is 19.1. The summed E-state index contributed by atoms with van der Waals surface area (Å²) in [4.78, 5) is 22.9. The molecule has 126 valence electrons. The molecule has 0 saturated carbocycles. The number of carboxylic acids is 1. The molecule has 0 aliphatic rings. The van der Waals surface area contributed by atoms with E-state index >= 15 is 0 Å². The van der Waals surface area contributed by atoms with Gasteiger partial charge in [0.1, 0.15) is 24.3 Å². The van der Waals surface area contributed by atoms with E-state index in [0.717, 1.165) is 23.8 Å². The summed E-state index contributed by atoms with van der Waals surface area (Å²) < 4.78 is 31.7. The second-order valence-corrected chi connectivity index (χ2v) is 5.04. The topological polar surface area (TPSA) is 75.6 Å². The van der Waals surface area contributed by atoms with E-state index in [1.54, 1.807) is 30.3 Å². The van der Waals surface area contributed by atoms with Crippen molar-refractivity contribution in [3.05, 3.63) is 71.3 Å². The van der Waals surface area contributed by atoms with Crippen molar-refractivity contribution in [2.45, 2.75) is 19.1 Å². The highest BCUT2D eigenvalue weighted by Crippen LogP contribution is 2.12. The molecule has 24 heavy (non-hydrogen) atoms. The minimum Gasteiger partial charge on any atom is -0.480 e. The standard InChI is InChI=1S/C17H15F2NO4/c18-13-6-7-14(19)12(8-13)9-15(16(21)22)20-17(23)24-10-11-4-2-1-3-5-11/h1-8,15H,9-10H2,(H,20,23)(H,21,22). The molecular formula is C17H15F2NO4. The van der Waals surface area contributed by atoms with Crippen molar-refractivity contribution in [3.63, 3.8) is 0 Å². The van der Waals surface area contributed by atoms with Crippen LogP contribution in [0.3, 0.4) is 0 Å². The number of hydrogen-bond acceptors (Lipinski definition) is 3. The molecule has 0 radical (unpaired) electrons. The first-order chi connectivity index (χ1) is 11.5. The Morgan fingerprint density at radius 2 is 1.83 bits per heavy atom. The molecule has 5 nitrogen and oxygen atoms in total. The van der Waals surface area contributed by atoms with Gasteiger partial charge in [-0.15, -0.1) is 0 Å². The molecule has 0 aliphatic heterocycles. The van der Waals surface area contributed by atoms with E-state index in [4.69, 9.17) is 9.84 Å². The molecule has 2 aromatic carbocycles. The quantitative estimate of drug-likeness (QED) is 0.851. The van der Waals surface area contributed by atoms with E-state index in [0.29, 0.717) is 0 Å². The third-order valence-electron chi connectivity index (χ3n) is 3.23. The summed E-state index contributed by atoms with van der Waals surface area (Å²) in [5.74, 6) is -2.82. The van der Waals surface area contributed by atoms with Crippen LogP contribution in [0, 0.1) is 11.6 Å². The number of halogens is 2. The monoisotopic (exact) mass is 335 g/mol. The number of rotatable bonds is 6. The summed E-state index contributed by atoms with van der Waals surface area (Å²) in [6.07, 6.45) is -1.36. The van der Waals surface area contributed by atoms with Crippen LogP contribution < -0.4 is 5.32 Å². The Labute approximate surface area is 136 Å². The molecule has 0 spiro atoms. The molecule has 1 unspecified atom stereocenters. The fraction of sp³-hybridized carbons (Fsp3) is 0.176. The smallest absolute Gasteiger partial charge is 0.408 e. The van der Waals surface area contributed by atoms with E-state index in [-0.39, 0.29) is 12.2 Å². The van der Waals surface area contributed by atoms with Gasteiger partial charge in [-0.2, -0.15) is 0 Å². The molecule has 1 amide bonds. The van der Waals surface area contributed by atoms with E-state index in [2.05, 4.69) is 5.32 Å². The van der Waals surface area contributed by atoms with E-state index in [1.807, 2.05) is 0 Å². The van der Waals surface area contributed by atoms with Crippen LogP contribution >= 0.6 is 0 Å². The molecule has 7 heteroatoms. The van der Waals surface area contributed by atoms with Gasteiger partial charge in [0, 0.05) is 6.42 Å². The Morgan fingerprint density at radius 1 is 1.12 bits per heavy atom. The van der Waals surface area contributed by atoms with E-state index in [1.165, 1.54) is 0 Å². The normalized spacial score (nSPS) is 11.6. The zero-order valence-electron chi connectivity index (χ0n) is 12.5. The fourth-order valence-corrected chi connectivity index (χ4v) is 2.03. The summed E-state index contributed by atoms with van der Waals surface area (Å²) in [6.45, 7) is -0.0344. The molecule has 2 N–H and O–H groups in total. The molecule has 0 fully saturated rings. The van der Waals surface area contributed by atoms with Crippen LogP contribution in [0.15, 0.2) is 48.5 Å². The number of alkyl carbamates (subject to hydrolysis) is 1. The Kier molecular flexibility index (Phi) is 5.83. The number of carbonyl (C=O) groups excluding carboxylic acids is 1. The number of amides is 1. The molecule has 0 aliphatic carbocycles. The first kappa shape index (κ1) is 17.4. The second kappa shape index (κ2) is 8.05. The molecular weight excluding hydrogens is 320 g/mol. The molecule has 2 aromatic rings. The van der Waals surface area contributed by atoms with Crippen molar-refractivity contribution in [1.82, 2.24) is 5.32 Å². The average Bonchev–Trinajstić information content (AvgIpc) is 2.56. The van der Waals surface area contributed by atoms with Gasteiger partial charge in [-0.25, -0.2) is 18.4 Å². The highest BCUT2D eigenvalue weighted by Gasteiger charge is 2.23. The summed E-state index contributed by atoms with van der Waals surface area (Å²) >= 11 is 0. The molecule has 0 saturated heterocycles. The number of ether oxygens (including phenoxy) is 1.